The molecular formula is C14H19FN5S+. The second-order valence-electron chi connectivity index (χ2n) is 5.40. The minimum atomic E-state index is -0.187. The summed E-state index contributed by atoms with van der Waals surface area (Å²) < 4.78 is 17.4. The topological polar surface area (TPSA) is 30.4 Å². The molecule has 2 heterocycles. The molecule has 0 amide bonds. The van der Waals surface area contributed by atoms with Crippen LogP contribution in [0, 0.1) is 10.6 Å². The van der Waals surface area contributed by atoms with E-state index in [-0.39, 0.29) is 5.82 Å². The summed E-state index contributed by atoms with van der Waals surface area (Å²) >= 11 is 5.31. The molecule has 1 saturated heterocycles. The summed E-state index contributed by atoms with van der Waals surface area (Å²) in [6, 6.07) is 6.72. The van der Waals surface area contributed by atoms with Crippen LogP contribution in [-0.4, -0.2) is 40.5 Å². The van der Waals surface area contributed by atoms with E-state index < -0.39 is 0 Å². The van der Waals surface area contributed by atoms with Gasteiger partial charge >= 0.3 is 0 Å². The van der Waals surface area contributed by atoms with Gasteiger partial charge in [0.25, 0.3) is 0 Å². The molecule has 1 fully saturated rings. The zero-order valence-electron chi connectivity index (χ0n) is 12.0. The SMILES string of the molecule is Cn1cnn(C[NH+]2CCN(c3ccc(F)cc3)CC2)c1=S. The number of rotatable bonds is 3. The van der Waals surface area contributed by atoms with Crippen LogP contribution in [0.25, 0.3) is 0 Å². The average molecular weight is 308 g/mol. The van der Waals surface area contributed by atoms with Crippen molar-refractivity contribution in [3.8, 4) is 0 Å². The summed E-state index contributed by atoms with van der Waals surface area (Å²) in [5.74, 6) is -0.187. The van der Waals surface area contributed by atoms with Crippen molar-refractivity contribution in [3.63, 3.8) is 0 Å². The number of quaternary nitrogens is 1. The van der Waals surface area contributed by atoms with Crippen molar-refractivity contribution in [2.24, 2.45) is 7.05 Å². The van der Waals surface area contributed by atoms with Gasteiger partial charge in [0.05, 0.1) is 26.2 Å². The largest absolute Gasteiger partial charge is 0.360 e. The molecule has 0 bridgehead atoms. The van der Waals surface area contributed by atoms with Gasteiger partial charge in [0.2, 0.25) is 4.77 Å². The Hall–Kier alpha value is -1.73. The molecule has 21 heavy (non-hydrogen) atoms. The lowest BCUT2D eigenvalue weighted by Crippen LogP contribution is -3.14. The summed E-state index contributed by atoms with van der Waals surface area (Å²) in [4.78, 5) is 3.75. The maximum atomic E-state index is 13.0. The lowest BCUT2D eigenvalue weighted by Gasteiger charge is -2.33. The maximum absolute atomic E-state index is 13.0. The van der Waals surface area contributed by atoms with Gasteiger partial charge in [-0.25, -0.2) is 4.39 Å². The monoisotopic (exact) mass is 308 g/mol. The van der Waals surface area contributed by atoms with E-state index >= 15 is 0 Å². The molecule has 7 heteroatoms. The average Bonchev–Trinajstić information content (AvgIpc) is 2.81. The van der Waals surface area contributed by atoms with Crippen LogP contribution in [0.3, 0.4) is 0 Å². The quantitative estimate of drug-likeness (QED) is 0.836. The van der Waals surface area contributed by atoms with Crippen molar-refractivity contribution in [2.45, 2.75) is 6.67 Å². The molecule has 0 unspecified atom stereocenters. The minimum absolute atomic E-state index is 0.187. The van der Waals surface area contributed by atoms with Crippen LogP contribution >= 0.6 is 12.2 Å². The molecule has 1 aromatic carbocycles. The molecule has 1 aliphatic rings. The van der Waals surface area contributed by atoms with Crippen LogP contribution in [0.1, 0.15) is 0 Å². The zero-order valence-corrected chi connectivity index (χ0v) is 12.8. The summed E-state index contributed by atoms with van der Waals surface area (Å²) in [7, 11) is 1.91. The van der Waals surface area contributed by atoms with Crippen LogP contribution in [0.15, 0.2) is 30.6 Å². The summed E-state index contributed by atoms with van der Waals surface area (Å²) in [5, 5.41) is 4.30. The highest BCUT2D eigenvalue weighted by Gasteiger charge is 2.20. The van der Waals surface area contributed by atoms with Crippen LogP contribution < -0.4 is 9.80 Å². The van der Waals surface area contributed by atoms with E-state index in [1.54, 1.807) is 6.33 Å². The Morgan fingerprint density at radius 3 is 2.48 bits per heavy atom. The van der Waals surface area contributed by atoms with Gasteiger partial charge in [0.1, 0.15) is 12.1 Å². The predicted octanol–water partition coefficient (Wildman–Crippen LogP) is 0.453. The van der Waals surface area contributed by atoms with Crippen molar-refractivity contribution in [3.05, 3.63) is 41.2 Å². The highest BCUT2D eigenvalue weighted by molar-refractivity contribution is 7.71. The normalized spacial score (nSPS) is 16.4. The first-order valence-corrected chi connectivity index (χ1v) is 7.47. The first-order valence-electron chi connectivity index (χ1n) is 7.06. The molecule has 0 atom stereocenters. The molecule has 1 aliphatic heterocycles. The lowest BCUT2D eigenvalue weighted by molar-refractivity contribution is -0.924. The number of hydrogen-bond donors (Lipinski definition) is 1. The van der Waals surface area contributed by atoms with Gasteiger partial charge in [-0.05, 0) is 36.5 Å². The molecule has 0 saturated carbocycles. The molecule has 3 rings (SSSR count). The Kier molecular flexibility index (Phi) is 4.03. The number of aromatic nitrogens is 3. The van der Waals surface area contributed by atoms with E-state index in [0.29, 0.717) is 0 Å². The number of nitrogens with zero attached hydrogens (tertiary/aromatic N) is 4. The van der Waals surface area contributed by atoms with E-state index in [4.69, 9.17) is 12.2 Å². The van der Waals surface area contributed by atoms with Crippen LogP contribution in [0.5, 0.6) is 0 Å². The van der Waals surface area contributed by atoms with Crippen molar-refractivity contribution in [1.82, 2.24) is 14.3 Å². The minimum Gasteiger partial charge on any atom is -0.360 e. The highest BCUT2D eigenvalue weighted by atomic mass is 32.1. The summed E-state index contributed by atoms with van der Waals surface area (Å²) in [6.07, 6.45) is 1.75. The molecule has 0 spiro atoms. The van der Waals surface area contributed by atoms with Crippen LogP contribution in [0.4, 0.5) is 10.1 Å². The molecule has 112 valence electrons. The number of benzene rings is 1. The second-order valence-corrected chi connectivity index (χ2v) is 5.76. The predicted molar refractivity (Wildman–Crippen MR) is 81.3 cm³/mol. The molecule has 0 aliphatic carbocycles. The first kappa shape index (κ1) is 14.2. The summed E-state index contributed by atoms with van der Waals surface area (Å²) in [5.41, 5.74) is 1.09. The molecule has 0 radical (unpaired) electrons. The van der Waals surface area contributed by atoms with Gasteiger partial charge in [-0.2, -0.15) is 9.78 Å². The van der Waals surface area contributed by atoms with Crippen LogP contribution in [0.2, 0.25) is 0 Å². The lowest BCUT2D eigenvalue weighted by atomic mass is 10.2. The number of halogens is 1. The van der Waals surface area contributed by atoms with Crippen molar-refractivity contribution < 1.29 is 9.29 Å². The third-order valence-electron chi connectivity index (χ3n) is 3.92. The van der Waals surface area contributed by atoms with Crippen molar-refractivity contribution in [1.29, 1.82) is 0 Å². The number of nitrogens with one attached hydrogen (secondary N) is 1. The van der Waals surface area contributed by atoms with Crippen LogP contribution in [-0.2, 0) is 13.7 Å². The highest BCUT2D eigenvalue weighted by Crippen LogP contribution is 2.14. The fourth-order valence-electron chi connectivity index (χ4n) is 2.63. The number of aryl methyl sites for hydroxylation is 1. The van der Waals surface area contributed by atoms with Gasteiger partial charge in [-0.1, -0.05) is 0 Å². The van der Waals surface area contributed by atoms with Gasteiger partial charge in [-0.3, -0.25) is 0 Å². The molecule has 5 nitrogen and oxygen atoms in total. The first-order chi connectivity index (χ1) is 10.1. The fourth-order valence-corrected chi connectivity index (χ4v) is 2.79. The third-order valence-corrected chi connectivity index (χ3v) is 4.42. The Labute approximate surface area is 128 Å². The molecule has 1 aromatic heterocycles. The standard InChI is InChI=1S/C14H18FN5S/c1-17-10-16-20(14(17)21)11-18-6-8-19(9-7-18)13-4-2-12(15)3-5-13/h2-5,10H,6-9,11H2,1H3/p+1. The zero-order chi connectivity index (χ0) is 14.8. The van der Waals surface area contributed by atoms with Gasteiger partial charge in [0, 0.05) is 12.7 Å². The second kappa shape index (κ2) is 5.95. The van der Waals surface area contributed by atoms with Gasteiger partial charge in [0.15, 0.2) is 6.67 Å². The Morgan fingerprint density at radius 2 is 1.90 bits per heavy atom. The fraction of sp³-hybridized carbons (Fsp3) is 0.429. The number of piperazine rings is 1. The Bertz CT molecular complexity index is 655. The van der Waals surface area contributed by atoms with E-state index in [1.165, 1.54) is 17.0 Å². The van der Waals surface area contributed by atoms with E-state index in [0.717, 1.165) is 43.3 Å². The molecule has 1 N–H and O–H groups in total. The summed E-state index contributed by atoms with van der Waals surface area (Å²) in [6.45, 7) is 4.77. The number of hydrogen-bond acceptors (Lipinski definition) is 3. The third kappa shape index (κ3) is 3.14. The van der Waals surface area contributed by atoms with E-state index in [1.807, 2.05) is 28.4 Å². The molecule has 2 aromatic rings. The molecular weight excluding hydrogens is 289 g/mol. The van der Waals surface area contributed by atoms with E-state index in [9.17, 15) is 4.39 Å². The Balaban J connectivity index is 1.59. The Morgan fingerprint density at radius 1 is 1.24 bits per heavy atom. The number of anilines is 1. The van der Waals surface area contributed by atoms with E-state index in [2.05, 4.69) is 10.00 Å². The van der Waals surface area contributed by atoms with Crippen molar-refractivity contribution >= 4 is 17.9 Å². The van der Waals surface area contributed by atoms with Gasteiger partial charge in [-0.15, -0.1) is 0 Å². The maximum Gasteiger partial charge on any atom is 0.202 e. The van der Waals surface area contributed by atoms with Gasteiger partial charge < -0.3 is 14.4 Å². The smallest absolute Gasteiger partial charge is 0.202 e. The van der Waals surface area contributed by atoms with Crippen molar-refractivity contribution in [2.75, 3.05) is 31.1 Å².